The molecule has 0 saturated heterocycles. The molecule has 3 aromatic carbocycles. The summed E-state index contributed by atoms with van der Waals surface area (Å²) in [4.78, 5) is 0. The summed E-state index contributed by atoms with van der Waals surface area (Å²) in [5.41, 5.74) is 2.23. The number of benzene rings is 3. The van der Waals surface area contributed by atoms with Gasteiger partial charge in [-0.2, -0.15) is 0 Å². The second kappa shape index (κ2) is 15.3. The second-order valence-electron chi connectivity index (χ2n) is 11.0. The molecule has 0 radical (unpaired) electrons. The van der Waals surface area contributed by atoms with E-state index in [1.165, 1.54) is 0 Å². The standard InChI is InChI=1S/C36H39BO9/c1-4-13-38-22-31-19-25-16-28(7-10-34(25)41-31)44-37(45-29-8-11-35-26(17-29)20-32(42-35)23-39-14-5-2)46-30-9-12-36-27(18-30)21-33(43-36)24-40-15-6-3/h7-12,16-21H,4-6,13-15,22-24H2,1-3H3. The number of hydrogen-bond donors (Lipinski definition) is 0. The van der Waals surface area contributed by atoms with Crippen LogP contribution in [0.25, 0.3) is 32.9 Å². The van der Waals surface area contributed by atoms with E-state index in [-0.39, 0.29) is 0 Å². The van der Waals surface area contributed by atoms with Crippen molar-refractivity contribution in [3.05, 3.63) is 90.1 Å². The van der Waals surface area contributed by atoms with Gasteiger partial charge in [0, 0.05) is 36.0 Å². The average molecular weight is 627 g/mol. The van der Waals surface area contributed by atoms with Crippen molar-refractivity contribution in [2.24, 2.45) is 0 Å². The Labute approximate surface area is 268 Å². The molecule has 0 aliphatic heterocycles. The quantitative estimate of drug-likeness (QED) is 0.0683. The van der Waals surface area contributed by atoms with Crippen LogP contribution in [0, 0.1) is 0 Å². The highest BCUT2D eigenvalue weighted by atomic mass is 16.7. The zero-order chi connectivity index (χ0) is 31.7. The molecule has 0 unspecified atom stereocenters. The third kappa shape index (κ3) is 8.06. The van der Waals surface area contributed by atoms with E-state index < -0.39 is 7.32 Å². The Morgan fingerprint density at radius 3 is 1.09 bits per heavy atom. The molecule has 0 amide bonds. The first-order valence-corrected chi connectivity index (χ1v) is 15.9. The largest absolute Gasteiger partial charge is 0.864 e. The van der Waals surface area contributed by atoms with Crippen molar-refractivity contribution in [3.8, 4) is 17.2 Å². The van der Waals surface area contributed by atoms with E-state index in [1.54, 1.807) is 0 Å². The van der Waals surface area contributed by atoms with E-state index in [0.717, 1.165) is 69.5 Å². The van der Waals surface area contributed by atoms with Gasteiger partial charge in [-0.1, -0.05) is 20.8 Å². The molecule has 3 aromatic heterocycles. The topological polar surface area (TPSA) is 94.8 Å². The van der Waals surface area contributed by atoms with Crippen LogP contribution in [-0.4, -0.2) is 27.1 Å². The summed E-state index contributed by atoms with van der Waals surface area (Å²) < 4.78 is 53.6. The lowest BCUT2D eigenvalue weighted by Gasteiger charge is -2.16. The molecule has 0 bridgehead atoms. The molecule has 0 aliphatic carbocycles. The highest BCUT2D eigenvalue weighted by molar-refractivity contribution is 6.39. The van der Waals surface area contributed by atoms with Crippen LogP contribution in [0.2, 0.25) is 0 Å². The molecule has 240 valence electrons. The molecular formula is C36H39BO9. The van der Waals surface area contributed by atoms with Crippen LogP contribution in [0.15, 0.2) is 86.0 Å². The minimum Gasteiger partial charge on any atom is -0.490 e. The first-order chi connectivity index (χ1) is 22.6. The summed E-state index contributed by atoms with van der Waals surface area (Å²) in [5, 5.41) is 2.67. The molecule has 0 fully saturated rings. The van der Waals surface area contributed by atoms with Gasteiger partial charge in [0.05, 0.1) is 0 Å². The van der Waals surface area contributed by atoms with Gasteiger partial charge < -0.3 is 41.4 Å². The number of hydrogen-bond acceptors (Lipinski definition) is 9. The van der Waals surface area contributed by atoms with Crippen LogP contribution in [-0.2, 0) is 34.0 Å². The van der Waals surface area contributed by atoms with E-state index in [2.05, 4.69) is 20.8 Å². The lowest BCUT2D eigenvalue weighted by Crippen LogP contribution is -2.36. The normalized spacial score (nSPS) is 11.5. The SMILES string of the molecule is CCCOCc1cc2cc(OB(Oc3ccc4oc(COCCC)cc4c3)Oc3ccc4oc(COCCC)cc4c3)ccc2o1. The van der Waals surface area contributed by atoms with E-state index in [0.29, 0.717) is 56.9 Å². The highest BCUT2D eigenvalue weighted by Crippen LogP contribution is 2.30. The maximum absolute atomic E-state index is 6.30. The van der Waals surface area contributed by atoms with Gasteiger partial charge >= 0.3 is 7.32 Å². The molecule has 0 spiro atoms. The van der Waals surface area contributed by atoms with E-state index >= 15 is 0 Å². The van der Waals surface area contributed by atoms with Gasteiger partial charge in [0.25, 0.3) is 0 Å². The monoisotopic (exact) mass is 626 g/mol. The average Bonchev–Trinajstić information content (AvgIpc) is 3.77. The summed E-state index contributed by atoms with van der Waals surface area (Å²) in [6, 6.07) is 22.6. The summed E-state index contributed by atoms with van der Waals surface area (Å²) in [6.07, 6.45) is 2.84. The predicted octanol–water partition coefficient (Wildman–Crippen LogP) is 9.23. The zero-order valence-corrected chi connectivity index (χ0v) is 26.5. The third-order valence-corrected chi connectivity index (χ3v) is 7.09. The molecule has 0 N–H and O–H groups in total. The molecule has 9 nitrogen and oxygen atoms in total. The molecular weight excluding hydrogens is 587 g/mol. The minimum atomic E-state index is -1.12. The van der Waals surface area contributed by atoms with Crippen molar-refractivity contribution in [3.63, 3.8) is 0 Å². The molecule has 0 aliphatic rings. The highest BCUT2D eigenvalue weighted by Gasteiger charge is 2.31. The van der Waals surface area contributed by atoms with Crippen molar-refractivity contribution in [1.29, 1.82) is 0 Å². The maximum Gasteiger partial charge on any atom is 0.864 e. The van der Waals surface area contributed by atoms with Gasteiger partial charge in [-0.3, -0.25) is 0 Å². The predicted molar refractivity (Wildman–Crippen MR) is 176 cm³/mol. The Bertz CT molecular complexity index is 1640. The molecule has 6 rings (SSSR count). The molecule has 6 aromatic rings. The van der Waals surface area contributed by atoms with Gasteiger partial charge in [-0.25, -0.2) is 0 Å². The Balaban J connectivity index is 1.23. The second-order valence-corrected chi connectivity index (χ2v) is 11.0. The molecule has 46 heavy (non-hydrogen) atoms. The van der Waals surface area contributed by atoms with Crippen molar-refractivity contribution in [2.75, 3.05) is 19.8 Å². The Morgan fingerprint density at radius 1 is 0.457 bits per heavy atom. The van der Waals surface area contributed by atoms with Crippen LogP contribution in [0.4, 0.5) is 0 Å². The first kappa shape index (κ1) is 31.6. The summed E-state index contributed by atoms with van der Waals surface area (Å²) in [6.45, 7) is 9.51. The number of furan rings is 3. The fourth-order valence-corrected chi connectivity index (χ4v) is 5.02. The fourth-order valence-electron chi connectivity index (χ4n) is 5.02. The Kier molecular flexibility index (Phi) is 10.5. The van der Waals surface area contributed by atoms with Gasteiger partial charge in [0.1, 0.15) is 71.1 Å². The fraction of sp³-hybridized carbons (Fsp3) is 0.333. The van der Waals surface area contributed by atoms with Gasteiger partial charge in [-0.15, -0.1) is 0 Å². The van der Waals surface area contributed by atoms with Crippen LogP contribution >= 0.6 is 0 Å². The first-order valence-electron chi connectivity index (χ1n) is 15.9. The van der Waals surface area contributed by atoms with Gasteiger partial charge in [0.2, 0.25) is 0 Å². The van der Waals surface area contributed by atoms with Crippen LogP contribution in [0.5, 0.6) is 17.2 Å². The smallest absolute Gasteiger partial charge is 0.490 e. The number of ether oxygens (including phenoxy) is 3. The third-order valence-electron chi connectivity index (χ3n) is 7.09. The molecule has 10 heteroatoms. The van der Waals surface area contributed by atoms with Gasteiger partial charge in [0.15, 0.2) is 0 Å². The molecule has 0 saturated carbocycles. The Hall–Kier alpha value is -4.38. The lowest BCUT2D eigenvalue weighted by atomic mass is 10.1. The van der Waals surface area contributed by atoms with Gasteiger partial charge in [-0.05, 0) is 92.1 Å². The van der Waals surface area contributed by atoms with Crippen LogP contribution in [0.1, 0.15) is 57.3 Å². The van der Waals surface area contributed by atoms with E-state index in [9.17, 15) is 0 Å². The van der Waals surface area contributed by atoms with E-state index in [1.807, 2.05) is 72.8 Å². The number of fused-ring (bicyclic) bond motifs is 3. The van der Waals surface area contributed by atoms with Crippen LogP contribution < -0.4 is 14.0 Å². The minimum absolute atomic E-state index is 0.416. The lowest BCUT2D eigenvalue weighted by molar-refractivity contribution is 0.108. The molecule has 0 atom stereocenters. The Morgan fingerprint density at radius 2 is 0.783 bits per heavy atom. The van der Waals surface area contributed by atoms with Crippen molar-refractivity contribution in [1.82, 2.24) is 0 Å². The van der Waals surface area contributed by atoms with Crippen molar-refractivity contribution in [2.45, 2.75) is 59.9 Å². The van der Waals surface area contributed by atoms with Crippen molar-refractivity contribution >= 4 is 40.2 Å². The summed E-state index contributed by atoms with van der Waals surface area (Å²) in [7, 11) is -1.12. The zero-order valence-electron chi connectivity index (χ0n) is 26.5. The summed E-state index contributed by atoms with van der Waals surface area (Å²) in [5.74, 6) is 3.93. The summed E-state index contributed by atoms with van der Waals surface area (Å²) >= 11 is 0. The maximum atomic E-state index is 6.30. The van der Waals surface area contributed by atoms with Crippen LogP contribution in [0.3, 0.4) is 0 Å². The van der Waals surface area contributed by atoms with Crippen molar-refractivity contribution < 1.29 is 41.4 Å². The number of rotatable bonds is 18. The van der Waals surface area contributed by atoms with E-state index in [4.69, 9.17) is 41.4 Å². The molecule has 3 heterocycles.